The van der Waals surface area contributed by atoms with Crippen LogP contribution >= 0.6 is 0 Å². The summed E-state index contributed by atoms with van der Waals surface area (Å²) in [5, 5.41) is 9.83. The first-order valence-corrected chi connectivity index (χ1v) is 9.34. The lowest BCUT2D eigenvalue weighted by Crippen LogP contribution is -2.73. The van der Waals surface area contributed by atoms with Crippen molar-refractivity contribution in [2.75, 3.05) is 19.7 Å². The van der Waals surface area contributed by atoms with Gasteiger partial charge in [0.2, 0.25) is 11.8 Å². The Kier molecular flexibility index (Phi) is 4.48. The van der Waals surface area contributed by atoms with E-state index in [1.165, 1.54) is 12.5 Å². The Morgan fingerprint density at radius 1 is 1.07 bits per heavy atom. The number of benzene rings is 2. The molecule has 0 spiro atoms. The van der Waals surface area contributed by atoms with Gasteiger partial charge >= 0.3 is 0 Å². The van der Waals surface area contributed by atoms with Gasteiger partial charge in [-0.1, -0.05) is 54.1 Å². The summed E-state index contributed by atoms with van der Waals surface area (Å²) in [5.74, 6) is -0.106. The lowest BCUT2D eigenvalue weighted by Gasteiger charge is -2.58. The first-order valence-electron chi connectivity index (χ1n) is 9.34. The van der Waals surface area contributed by atoms with Crippen molar-refractivity contribution >= 4 is 11.8 Å². The molecule has 27 heavy (non-hydrogen) atoms. The first kappa shape index (κ1) is 17.7. The molecule has 140 valence electrons. The minimum Gasteiger partial charge on any atom is -0.394 e. The zero-order valence-corrected chi connectivity index (χ0v) is 15.6. The van der Waals surface area contributed by atoms with Crippen LogP contribution in [-0.2, 0) is 9.59 Å². The molecule has 2 aliphatic heterocycles. The maximum Gasteiger partial charge on any atom is 0.242 e. The van der Waals surface area contributed by atoms with Crippen LogP contribution in [0.25, 0.3) is 11.1 Å². The largest absolute Gasteiger partial charge is 0.394 e. The van der Waals surface area contributed by atoms with Gasteiger partial charge in [-0.05, 0) is 23.6 Å². The van der Waals surface area contributed by atoms with Crippen molar-refractivity contribution in [3.05, 3.63) is 59.7 Å². The fraction of sp³-hybridized carbons (Fsp3) is 0.364. The van der Waals surface area contributed by atoms with Gasteiger partial charge < -0.3 is 14.9 Å². The molecule has 0 saturated carbocycles. The standard InChI is InChI=1S/C22H24N2O3/c1-14-3-5-16(6-4-14)17-7-9-18(10-8-17)22-19-11-23(15(2)26)12-21(27)24(19)20(22)13-25/h3-10,19-20,22,25H,11-13H2,1-2H3/t19-,20+,22+/m0/s1. The quantitative estimate of drug-likeness (QED) is 0.908. The van der Waals surface area contributed by atoms with E-state index in [-0.39, 0.29) is 43.0 Å². The van der Waals surface area contributed by atoms with Gasteiger partial charge in [-0.2, -0.15) is 0 Å². The van der Waals surface area contributed by atoms with E-state index in [2.05, 4.69) is 55.5 Å². The molecule has 0 aliphatic carbocycles. The van der Waals surface area contributed by atoms with Crippen LogP contribution in [0.4, 0.5) is 0 Å². The number of carbonyl (C=O) groups is 2. The maximum absolute atomic E-state index is 12.4. The van der Waals surface area contributed by atoms with E-state index < -0.39 is 0 Å². The van der Waals surface area contributed by atoms with Gasteiger partial charge in [0.1, 0.15) is 0 Å². The Balaban J connectivity index is 1.59. The molecule has 4 rings (SSSR count). The molecule has 0 radical (unpaired) electrons. The number of piperazine rings is 1. The Bertz CT molecular complexity index is 860. The third-order valence-corrected chi connectivity index (χ3v) is 5.88. The van der Waals surface area contributed by atoms with Crippen LogP contribution in [0, 0.1) is 6.92 Å². The number of aliphatic hydroxyl groups excluding tert-OH is 1. The molecule has 2 amide bonds. The summed E-state index contributed by atoms with van der Waals surface area (Å²) in [4.78, 5) is 27.5. The fourth-order valence-corrected chi connectivity index (χ4v) is 4.38. The summed E-state index contributed by atoms with van der Waals surface area (Å²) in [6.45, 7) is 4.15. The molecule has 2 saturated heterocycles. The van der Waals surface area contributed by atoms with Crippen molar-refractivity contribution in [3.63, 3.8) is 0 Å². The molecule has 0 unspecified atom stereocenters. The SMILES string of the molecule is CC(=O)N1CC(=O)N2[C@H](CO)[C@H](c3ccc(-c4ccc(C)cc4)cc3)[C@@H]2C1. The van der Waals surface area contributed by atoms with Gasteiger partial charge in [-0.15, -0.1) is 0 Å². The van der Waals surface area contributed by atoms with Crippen molar-refractivity contribution in [2.45, 2.75) is 31.8 Å². The lowest BCUT2D eigenvalue weighted by atomic mass is 9.73. The monoisotopic (exact) mass is 364 g/mol. The van der Waals surface area contributed by atoms with Crippen molar-refractivity contribution < 1.29 is 14.7 Å². The number of hydrogen-bond acceptors (Lipinski definition) is 3. The zero-order chi connectivity index (χ0) is 19.1. The molecular weight excluding hydrogens is 340 g/mol. The van der Waals surface area contributed by atoms with Gasteiger partial charge in [-0.3, -0.25) is 9.59 Å². The Labute approximate surface area is 159 Å². The van der Waals surface area contributed by atoms with Gasteiger partial charge in [0.25, 0.3) is 0 Å². The minimum atomic E-state index is -0.207. The highest BCUT2D eigenvalue weighted by Crippen LogP contribution is 2.43. The number of rotatable bonds is 3. The molecule has 2 aromatic carbocycles. The summed E-state index contributed by atoms with van der Waals surface area (Å²) in [6.07, 6.45) is 0. The second-order valence-electron chi connectivity index (χ2n) is 7.53. The highest BCUT2D eigenvalue weighted by Gasteiger charge is 2.54. The molecule has 5 nitrogen and oxygen atoms in total. The fourth-order valence-electron chi connectivity index (χ4n) is 4.38. The topological polar surface area (TPSA) is 60.9 Å². The smallest absolute Gasteiger partial charge is 0.242 e. The van der Waals surface area contributed by atoms with E-state index in [1.807, 2.05) is 0 Å². The predicted octanol–water partition coefficient (Wildman–Crippen LogP) is 2.18. The molecule has 2 fully saturated rings. The van der Waals surface area contributed by atoms with Gasteiger partial charge in [0, 0.05) is 19.4 Å². The highest BCUT2D eigenvalue weighted by molar-refractivity contribution is 5.87. The number of hydrogen-bond donors (Lipinski definition) is 1. The van der Waals surface area contributed by atoms with Gasteiger partial charge in [-0.25, -0.2) is 0 Å². The molecule has 5 heteroatoms. The third kappa shape index (κ3) is 3.02. The second kappa shape index (κ2) is 6.82. The normalized spacial score (nSPS) is 24.4. The first-order chi connectivity index (χ1) is 13.0. The van der Waals surface area contributed by atoms with Crippen LogP contribution in [0.1, 0.15) is 24.0 Å². The molecule has 2 aliphatic rings. The summed E-state index contributed by atoms with van der Waals surface area (Å²) in [7, 11) is 0. The van der Waals surface area contributed by atoms with Crippen LogP contribution in [0.5, 0.6) is 0 Å². The van der Waals surface area contributed by atoms with Crippen LogP contribution in [0.15, 0.2) is 48.5 Å². The average molecular weight is 364 g/mol. The second-order valence-corrected chi connectivity index (χ2v) is 7.53. The molecule has 0 bridgehead atoms. The van der Waals surface area contributed by atoms with Crippen LogP contribution in [0.3, 0.4) is 0 Å². The minimum absolute atomic E-state index is 0.0492. The lowest BCUT2D eigenvalue weighted by molar-refractivity contribution is -0.166. The maximum atomic E-state index is 12.4. The third-order valence-electron chi connectivity index (χ3n) is 5.88. The van der Waals surface area contributed by atoms with Crippen LogP contribution in [-0.4, -0.2) is 58.5 Å². The van der Waals surface area contributed by atoms with Crippen molar-refractivity contribution in [3.8, 4) is 11.1 Å². The Morgan fingerprint density at radius 2 is 1.67 bits per heavy atom. The van der Waals surface area contributed by atoms with Crippen LogP contribution in [0.2, 0.25) is 0 Å². The number of aliphatic hydroxyl groups is 1. The Hall–Kier alpha value is -2.66. The Morgan fingerprint density at radius 3 is 2.22 bits per heavy atom. The summed E-state index contributed by atoms with van der Waals surface area (Å²) < 4.78 is 0. The van der Waals surface area contributed by atoms with E-state index in [1.54, 1.807) is 9.80 Å². The molecule has 0 aromatic heterocycles. The summed E-state index contributed by atoms with van der Waals surface area (Å²) >= 11 is 0. The number of amides is 2. The van der Waals surface area contributed by atoms with Crippen molar-refractivity contribution in [1.82, 2.24) is 9.80 Å². The zero-order valence-electron chi connectivity index (χ0n) is 15.6. The molecular formula is C22H24N2O3. The van der Waals surface area contributed by atoms with Crippen molar-refractivity contribution in [1.29, 1.82) is 0 Å². The summed E-state index contributed by atoms with van der Waals surface area (Å²) in [6, 6.07) is 16.5. The van der Waals surface area contributed by atoms with Crippen molar-refractivity contribution in [2.24, 2.45) is 0 Å². The van der Waals surface area contributed by atoms with Crippen LogP contribution < -0.4 is 0 Å². The average Bonchev–Trinajstić information content (AvgIpc) is 2.64. The summed E-state index contributed by atoms with van der Waals surface area (Å²) in [5.41, 5.74) is 4.63. The highest BCUT2D eigenvalue weighted by atomic mass is 16.3. The van der Waals surface area contributed by atoms with E-state index in [9.17, 15) is 14.7 Å². The molecule has 3 atom stereocenters. The van der Waals surface area contributed by atoms with E-state index in [0.29, 0.717) is 6.54 Å². The van der Waals surface area contributed by atoms with E-state index in [0.717, 1.165) is 16.7 Å². The van der Waals surface area contributed by atoms with Gasteiger partial charge in [0.05, 0.1) is 25.2 Å². The van der Waals surface area contributed by atoms with E-state index >= 15 is 0 Å². The van der Waals surface area contributed by atoms with Gasteiger partial charge in [0.15, 0.2) is 0 Å². The number of aryl methyl sites for hydroxylation is 1. The number of fused-ring (bicyclic) bond motifs is 1. The number of carbonyl (C=O) groups excluding carboxylic acids is 2. The molecule has 2 heterocycles. The number of nitrogens with zero attached hydrogens (tertiary/aromatic N) is 2. The molecule has 2 aromatic rings. The molecule has 1 N–H and O–H groups in total. The predicted molar refractivity (Wildman–Crippen MR) is 103 cm³/mol. The van der Waals surface area contributed by atoms with E-state index in [4.69, 9.17) is 0 Å².